The summed E-state index contributed by atoms with van der Waals surface area (Å²) >= 11 is 1.90. The van der Waals surface area contributed by atoms with Gasteiger partial charge in [0.05, 0.1) is 0 Å². The molecule has 1 rings (SSSR count). The van der Waals surface area contributed by atoms with Crippen molar-refractivity contribution in [1.82, 2.24) is 5.32 Å². The van der Waals surface area contributed by atoms with Gasteiger partial charge in [0.2, 0.25) is 0 Å². The lowest BCUT2D eigenvalue weighted by Gasteiger charge is -2.05. The summed E-state index contributed by atoms with van der Waals surface area (Å²) in [7, 11) is 0. The highest BCUT2D eigenvalue weighted by Gasteiger charge is 1.92. The minimum atomic E-state index is 0.882. The van der Waals surface area contributed by atoms with Crippen LogP contribution in [0.5, 0.6) is 0 Å². The van der Waals surface area contributed by atoms with E-state index in [9.17, 15) is 0 Å². The van der Waals surface area contributed by atoms with Gasteiger partial charge >= 0.3 is 0 Å². The Morgan fingerprint density at radius 1 is 1.12 bits per heavy atom. The van der Waals surface area contributed by atoms with E-state index in [-0.39, 0.29) is 0 Å². The second-order valence-corrected chi connectivity index (χ2v) is 5.05. The number of thioether (sulfide) groups is 1. The van der Waals surface area contributed by atoms with Crippen LogP contribution in [0.15, 0.2) is 35.2 Å². The molecule has 0 radical (unpaired) electrons. The van der Waals surface area contributed by atoms with Crippen molar-refractivity contribution in [3.05, 3.63) is 30.3 Å². The van der Waals surface area contributed by atoms with Crippen LogP contribution in [-0.4, -0.2) is 32.1 Å². The van der Waals surface area contributed by atoms with Gasteiger partial charge in [-0.3, -0.25) is 0 Å². The van der Waals surface area contributed by atoms with Crippen LogP contribution in [-0.2, 0) is 4.74 Å². The number of nitrogens with one attached hydrogen (secondary N) is 1. The van der Waals surface area contributed by atoms with Gasteiger partial charge in [-0.15, -0.1) is 11.8 Å². The summed E-state index contributed by atoms with van der Waals surface area (Å²) < 4.78 is 5.41. The number of hydrogen-bond donors (Lipinski definition) is 1. The van der Waals surface area contributed by atoms with Gasteiger partial charge in [0.25, 0.3) is 0 Å². The summed E-state index contributed by atoms with van der Waals surface area (Å²) in [6.45, 7) is 6.03. The van der Waals surface area contributed by atoms with Crippen LogP contribution in [0.1, 0.15) is 19.8 Å². The summed E-state index contributed by atoms with van der Waals surface area (Å²) in [6, 6.07) is 10.5. The Morgan fingerprint density at radius 3 is 2.71 bits per heavy atom. The van der Waals surface area contributed by atoms with Gasteiger partial charge < -0.3 is 10.1 Å². The number of rotatable bonds is 10. The highest BCUT2D eigenvalue weighted by Crippen LogP contribution is 2.15. The van der Waals surface area contributed by atoms with Crippen molar-refractivity contribution in [3.63, 3.8) is 0 Å². The van der Waals surface area contributed by atoms with E-state index in [1.807, 2.05) is 11.8 Å². The Labute approximate surface area is 109 Å². The maximum absolute atomic E-state index is 5.41. The molecule has 1 N–H and O–H groups in total. The molecule has 0 atom stereocenters. The third kappa shape index (κ3) is 8.25. The minimum Gasteiger partial charge on any atom is -0.381 e. The molecule has 0 aromatic heterocycles. The molecule has 0 heterocycles. The van der Waals surface area contributed by atoms with Crippen LogP contribution in [0.2, 0.25) is 0 Å². The van der Waals surface area contributed by atoms with Crippen molar-refractivity contribution in [2.24, 2.45) is 0 Å². The minimum absolute atomic E-state index is 0.882. The molecule has 2 nitrogen and oxygen atoms in total. The van der Waals surface area contributed by atoms with Crippen LogP contribution in [0.3, 0.4) is 0 Å². The Hall–Kier alpha value is -0.510. The second-order valence-electron chi connectivity index (χ2n) is 3.88. The molecular formula is C14H23NOS. The molecule has 0 aliphatic rings. The molecule has 17 heavy (non-hydrogen) atoms. The van der Waals surface area contributed by atoms with Gasteiger partial charge in [-0.05, 0) is 31.5 Å². The van der Waals surface area contributed by atoms with Crippen LogP contribution in [0.25, 0.3) is 0 Å². The molecule has 1 aromatic rings. The Morgan fingerprint density at radius 2 is 1.94 bits per heavy atom. The lowest BCUT2D eigenvalue weighted by molar-refractivity contribution is 0.132. The van der Waals surface area contributed by atoms with E-state index in [2.05, 4.69) is 42.6 Å². The molecule has 0 bridgehead atoms. The molecule has 0 unspecified atom stereocenters. The maximum atomic E-state index is 5.41. The van der Waals surface area contributed by atoms with Crippen molar-refractivity contribution in [3.8, 4) is 0 Å². The normalized spacial score (nSPS) is 10.6. The first-order valence-corrected chi connectivity index (χ1v) is 7.38. The average Bonchev–Trinajstić information content (AvgIpc) is 2.38. The average molecular weight is 253 g/mol. The SMILES string of the molecule is CCCOCCCNCCSc1ccccc1. The maximum Gasteiger partial charge on any atom is 0.0478 e. The largest absolute Gasteiger partial charge is 0.381 e. The van der Waals surface area contributed by atoms with E-state index >= 15 is 0 Å². The third-order valence-electron chi connectivity index (χ3n) is 2.28. The molecule has 96 valence electrons. The lowest BCUT2D eigenvalue weighted by Crippen LogP contribution is -2.19. The van der Waals surface area contributed by atoms with E-state index < -0.39 is 0 Å². The summed E-state index contributed by atoms with van der Waals surface area (Å²) in [4.78, 5) is 1.35. The molecule has 0 spiro atoms. The fourth-order valence-corrected chi connectivity index (χ4v) is 2.26. The van der Waals surface area contributed by atoms with Crippen molar-refractivity contribution in [2.75, 3.05) is 32.1 Å². The third-order valence-corrected chi connectivity index (χ3v) is 3.30. The molecule has 1 aromatic carbocycles. The zero-order valence-electron chi connectivity index (χ0n) is 10.7. The van der Waals surface area contributed by atoms with Crippen LogP contribution >= 0.6 is 11.8 Å². The highest BCUT2D eigenvalue weighted by molar-refractivity contribution is 7.99. The standard InChI is InChI=1S/C14H23NOS/c1-2-11-16-12-6-9-15-10-13-17-14-7-4-3-5-8-14/h3-5,7-8,15H,2,6,9-13H2,1H3. The van der Waals surface area contributed by atoms with Gasteiger partial charge in [-0.25, -0.2) is 0 Å². The molecule has 0 aliphatic heterocycles. The van der Waals surface area contributed by atoms with E-state index in [1.54, 1.807) is 0 Å². The zero-order chi connectivity index (χ0) is 12.2. The van der Waals surface area contributed by atoms with Gasteiger partial charge in [-0.2, -0.15) is 0 Å². The Kier molecular flexibility index (Phi) is 9.10. The van der Waals surface area contributed by atoms with Gasteiger partial charge in [0, 0.05) is 30.4 Å². The van der Waals surface area contributed by atoms with Gasteiger partial charge in [0.15, 0.2) is 0 Å². The molecule has 0 fully saturated rings. The van der Waals surface area contributed by atoms with E-state index in [0.717, 1.165) is 44.9 Å². The highest BCUT2D eigenvalue weighted by atomic mass is 32.2. The topological polar surface area (TPSA) is 21.3 Å². The predicted molar refractivity (Wildman–Crippen MR) is 75.8 cm³/mol. The smallest absolute Gasteiger partial charge is 0.0478 e. The van der Waals surface area contributed by atoms with Crippen molar-refractivity contribution >= 4 is 11.8 Å². The van der Waals surface area contributed by atoms with Gasteiger partial charge in [0.1, 0.15) is 0 Å². The Balaban J connectivity index is 1.85. The predicted octanol–water partition coefficient (Wildman–Crippen LogP) is 3.19. The van der Waals surface area contributed by atoms with Crippen LogP contribution in [0, 0.1) is 0 Å². The monoisotopic (exact) mass is 253 g/mol. The summed E-state index contributed by atoms with van der Waals surface area (Å²) in [6.07, 6.45) is 2.22. The molecule has 3 heteroatoms. The quantitative estimate of drug-likeness (QED) is 0.511. The first-order valence-electron chi connectivity index (χ1n) is 6.40. The number of hydrogen-bond acceptors (Lipinski definition) is 3. The molecule has 0 aliphatic carbocycles. The van der Waals surface area contributed by atoms with E-state index in [4.69, 9.17) is 4.74 Å². The lowest BCUT2D eigenvalue weighted by atomic mass is 10.4. The number of benzene rings is 1. The summed E-state index contributed by atoms with van der Waals surface area (Å²) in [5.74, 6) is 1.12. The summed E-state index contributed by atoms with van der Waals surface area (Å²) in [5.41, 5.74) is 0. The van der Waals surface area contributed by atoms with Crippen LogP contribution in [0.4, 0.5) is 0 Å². The van der Waals surface area contributed by atoms with Crippen molar-refractivity contribution in [1.29, 1.82) is 0 Å². The van der Waals surface area contributed by atoms with E-state index in [1.165, 1.54) is 4.90 Å². The zero-order valence-corrected chi connectivity index (χ0v) is 11.5. The Bertz CT molecular complexity index is 266. The fraction of sp³-hybridized carbons (Fsp3) is 0.571. The first-order chi connectivity index (χ1) is 8.43. The fourth-order valence-electron chi connectivity index (χ4n) is 1.43. The van der Waals surface area contributed by atoms with Crippen LogP contribution < -0.4 is 5.32 Å². The van der Waals surface area contributed by atoms with Gasteiger partial charge in [-0.1, -0.05) is 25.1 Å². The molecule has 0 saturated heterocycles. The molecular weight excluding hydrogens is 230 g/mol. The van der Waals surface area contributed by atoms with Crippen molar-refractivity contribution < 1.29 is 4.74 Å². The molecule has 0 amide bonds. The van der Waals surface area contributed by atoms with E-state index in [0.29, 0.717) is 0 Å². The second kappa shape index (κ2) is 10.6. The number of ether oxygens (including phenoxy) is 1. The molecule has 0 saturated carbocycles. The van der Waals surface area contributed by atoms with Crippen molar-refractivity contribution in [2.45, 2.75) is 24.7 Å². The first kappa shape index (κ1) is 14.6. The summed E-state index contributed by atoms with van der Waals surface area (Å²) in [5, 5.41) is 3.43.